The quantitative estimate of drug-likeness (QED) is 0.712. The van der Waals surface area contributed by atoms with E-state index in [0.29, 0.717) is 0 Å². The van der Waals surface area contributed by atoms with E-state index in [1.54, 1.807) is 12.1 Å². The Bertz CT molecular complexity index is 1180. The number of sulfonamides is 1. The lowest BCUT2D eigenvalue weighted by Crippen LogP contribution is -2.48. The van der Waals surface area contributed by atoms with Gasteiger partial charge in [0.1, 0.15) is 40.1 Å². The van der Waals surface area contributed by atoms with Gasteiger partial charge in [-0.25, -0.2) is 17.2 Å². The molecule has 156 valence electrons. The van der Waals surface area contributed by atoms with E-state index in [4.69, 9.17) is 15.3 Å². The first-order chi connectivity index (χ1) is 14.1. The molecule has 0 saturated carbocycles. The van der Waals surface area contributed by atoms with Crippen LogP contribution in [0.3, 0.4) is 0 Å². The van der Waals surface area contributed by atoms with Gasteiger partial charge < -0.3 is 14.9 Å². The van der Waals surface area contributed by atoms with Crippen molar-refractivity contribution in [2.45, 2.75) is 16.6 Å². The van der Waals surface area contributed by atoms with E-state index >= 15 is 0 Å². The number of nitriles is 2. The fourth-order valence-corrected chi connectivity index (χ4v) is 4.60. The van der Waals surface area contributed by atoms with Crippen molar-refractivity contribution in [1.82, 2.24) is 4.31 Å². The average molecular weight is 435 g/mol. The molecule has 2 aromatic carbocycles. The minimum atomic E-state index is -4.44. The predicted molar refractivity (Wildman–Crippen MR) is 97.4 cm³/mol. The molecule has 1 unspecified atom stereocenters. The summed E-state index contributed by atoms with van der Waals surface area (Å²) in [5, 5.41) is 37.8. The van der Waals surface area contributed by atoms with Crippen LogP contribution in [0.1, 0.15) is 11.1 Å². The smallest absolute Gasteiger partial charge is 0.246 e. The maximum atomic E-state index is 14.3. The van der Waals surface area contributed by atoms with Crippen molar-refractivity contribution in [3.8, 4) is 17.9 Å². The summed E-state index contributed by atoms with van der Waals surface area (Å²) in [6.07, 6.45) is -1.30. The Morgan fingerprint density at radius 2 is 1.90 bits per heavy atom. The Morgan fingerprint density at radius 1 is 1.17 bits per heavy atom. The molecule has 0 aromatic heterocycles. The van der Waals surface area contributed by atoms with Crippen LogP contribution in [0.15, 0.2) is 41.3 Å². The number of rotatable bonds is 5. The zero-order valence-corrected chi connectivity index (χ0v) is 16.1. The molecule has 0 spiro atoms. The van der Waals surface area contributed by atoms with Crippen molar-refractivity contribution in [1.29, 1.82) is 10.5 Å². The van der Waals surface area contributed by atoms with Gasteiger partial charge in [0, 0.05) is 12.6 Å². The highest BCUT2D eigenvalue weighted by Crippen LogP contribution is 2.32. The van der Waals surface area contributed by atoms with Crippen LogP contribution < -0.4 is 4.74 Å². The molecular formula is C19H15F2N3O5S. The number of β-amino-alcohol motifs (C(OH)–C–C–N with tert-alkyl or cyclic N) is 1. The fourth-order valence-electron chi connectivity index (χ4n) is 3.05. The molecule has 8 nitrogen and oxygen atoms in total. The summed E-state index contributed by atoms with van der Waals surface area (Å²) in [4.78, 5) is -0.702. The predicted octanol–water partition coefficient (Wildman–Crippen LogP) is 0.883. The highest BCUT2D eigenvalue weighted by Gasteiger charge is 2.51. The van der Waals surface area contributed by atoms with Gasteiger partial charge in [0.25, 0.3) is 0 Å². The highest BCUT2D eigenvalue weighted by atomic mass is 32.2. The van der Waals surface area contributed by atoms with E-state index in [1.165, 1.54) is 6.07 Å². The summed E-state index contributed by atoms with van der Waals surface area (Å²) in [5.74, 6) is -2.10. The Labute approximate surface area is 170 Å². The molecule has 30 heavy (non-hydrogen) atoms. The van der Waals surface area contributed by atoms with Crippen LogP contribution in [0.2, 0.25) is 0 Å². The molecule has 2 N–H and O–H groups in total. The third-order valence-corrected chi connectivity index (χ3v) is 6.56. The zero-order valence-electron chi connectivity index (χ0n) is 15.3. The standard InChI is InChI=1S/C19H15F2N3O5S/c20-15-6-14(3-2-13(15)8-23)29-18-9-24(10-19(18,26)11-25)30(27,28)17-4-1-12(7-22)5-16(17)21/h1-6,18,25-26H,9-11H2/t18?,19-/m1/s1. The van der Waals surface area contributed by atoms with E-state index in [2.05, 4.69) is 0 Å². The van der Waals surface area contributed by atoms with E-state index < -0.39 is 58.0 Å². The summed E-state index contributed by atoms with van der Waals surface area (Å²) >= 11 is 0. The van der Waals surface area contributed by atoms with Crippen LogP contribution in [0.4, 0.5) is 8.78 Å². The van der Waals surface area contributed by atoms with Crippen LogP contribution >= 0.6 is 0 Å². The van der Waals surface area contributed by atoms with Crippen molar-refractivity contribution in [3.63, 3.8) is 0 Å². The van der Waals surface area contributed by atoms with Gasteiger partial charge in [-0.2, -0.15) is 14.8 Å². The summed E-state index contributed by atoms with van der Waals surface area (Å²) < 4.78 is 60.0. The molecule has 1 fully saturated rings. The number of ether oxygens (including phenoxy) is 1. The number of halogens is 2. The second-order valence-electron chi connectivity index (χ2n) is 6.68. The molecule has 1 saturated heterocycles. The Kier molecular flexibility index (Phi) is 5.74. The number of nitrogens with zero attached hydrogens (tertiary/aromatic N) is 3. The third-order valence-electron chi connectivity index (χ3n) is 4.71. The summed E-state index contributed by atoms with van der Waals surface area (Å²) in [5.41, 5.74) is -2.34. The second kappa shape index (κ2) is 7.97. The minimum absolute atomic E-state index is 0.0659. The normalized spacial score (nSPS) is 21.7. The maximum Gasteiger partial charge on any atom is 0.246 e. The average Bonchev–Trinajstić information content (AvgIpc) is 3.05. The van der Waals surface area contributed by atoms with Gasteiger partial charge in [0.05, 0.1) is 30.3 Å². The van der Waals surface area contributed by atoms with Crippen LogP contribution in [0, 0.1) is 34.3 Å². The zero-order chi connectivity index (χ0) is 22.1. The van der Waals surface area contributed by atoms with Gasteiger partial charge >= 0.3 is 0 Å². The van der Waals surface area contributed by atoms with E-state index in [9.17, 15) is 27.4 Å². The molecular weight excluding hydrogens is 420 g/mol. The topological polar surface area (TPSA) is 135 Å². The molecule has 0 radical (unpaired) electrons. The summed E-state index contributed by atoms with van der Waals surface area (Å²) in [6.45, 7) is -1.94. The molecule has 11 heteroatoms. The van der Waals surface area contributed by atoms with Crippen LogP contribution in [0.25, 0.3) is 0 Å². The number of aliphatic hydroxyl groups is 2. The SMILES string of the molecule is N#Cc1ccc(S(=O)(=O)N2CC(Oc3ccc(C#N)c(F)c3)[C@](O)(CO)C2)c(F)c1. The van der Waals surface area contributed by atoms with Crippen LogP contribution in [-0.4, -0.2) is 54.3 Å². The minimum Gasteiger partial charge on any atom is -0.486 e. The first kappa shape index (κ1) is 21.6. The Balaban J connectivity index is 1.90. The van der Waals surface area contributed by atoms with Gasteiger partial charge in [-0.15, -0.1) is 0 Å². The maximum absolute atomic E-state index is 14.3. The third kappa shape index (κ3) is 3.84. The number of aliphatic hydroxyl groups excluding tert-OH is 1. The van der Waals surface area contributed by atoms with Crippen molar-refractivity contribution in [2.75, 3.05) is 19.7 Å². The first-order valence-corrected chi connectivity index (χ1v) is 9.98. The van der Waals surface area contributed by atoms with E-state index in [0.717, 1.165) is 34.6 Å². The second-order valence-corrected chi connectivity index (χ2v) is 8.58. The largest absolute Gasteiger partial charge is 0.486 e. The van der Waals surface area contributed by atoms with Crippen molar-refractivity contribution < 1.29 is 32.1 Å². The van der Waals surface area contributed by atoms with Gasteiger partial charge in [-0.05, 0) is 30.3 Å². The van der Waals surface area contributed by atoms with Gasteiger partial charge in [-0.1, -0.05) is 0 Å². The first-order valence-electron chi connectivity index (χ1n) is 8.54. The van der Waals surface area contributed by atoms with Gasteiger partial charge in [0.2, 0.25) is 10.0 Å². The molecule has 1 aliphatic heterocycles. The van der Waals surface area contributed by atoms with Gasteiger partial charge in [0.15, 0.2) is 0 Å². The van der Waals surface area contributed by atoms with Crippen LogP contribution in [0.5, 0.6) is 5.75 Å². The molecule has 2 aromatic rings. The number of hydrogen-bond acceptors (Lipinski definition) is 7. The van der Waals surface area contributed by atoms with Gasteiger partial charge in [-0.3, -0.25) is 0 Å². The van der Waals surface area contributed by atoms with Crippen molar-refractivity contribution in [2.24, 2.45) is 0 Å². The Morgan fingerprint density at radius 3 is 2.47 bits per heavy atom. The monoisotopic (exact) mass is 435 g/mol. The lowest BCUT2D eigenvalue weighted by molar-refractivity contribution is -0.0641. The lowest BCUT2D eigenvalue weighted by atomic mass is 10.0. The Hall–Kier alpha value is -3.09. The molecule has 1 aliphatic rings. The van der Waals surface area contributed by atoms with Crippen molar-refractivity contribution >= 4 is 10.0 Å². The summed E-state index contributed by atoms with van der Waals surface area (Å²) in [6, 6.07) is 9.49. The van der Waals surface area contributed by atoms with Crippen molar-refractivity contribution in [3.05, 3.63) is 59.2 Å². The fraction of sp³-hybridized carbons (Fsp3) is 0.263. The van der Waals surface area contributed by atoms with Crippen LogP contribution in [-0.2, 0) is 10.0 Å². The highest BCUT2D eigenvalue weighted by molar-refractivity contribution is 7.89. The number of benzene rings is 2. The molecule has 1 heterocycles. The summed E-state index contributed by atoms with van der Waals surface area (Å²) in [7, 11) is -4.44. The molecule has 0 bridgehead atoms. The lowest BCUT2D eigenvalue weighted by Gasteiger charge is -2.27. The van der Waals surface area contributed by atoms with E-state index in [1.807, 2.05) is 0 Å². The molecule has 3 rings (SSSR count). The molecule has 2 atom stereocenters. The number of hydrogen-bond donors (Lipinski definition) is 2. The molecule has 0 aliphatic carbocycles. The van der Waals surface area contributed by atoms with E-state index in [-0.39, 0.29) is 16.9 Å². The molecule has 0 amide bonds.